The highest BCUT2D eigenvalue weighted by Gasteiger charge is 2.19. The Morgan fingerprint density at radius 3 is 2.46 bits per heavy atom. The van der Waals surface area contributed by atoms with E-state index >= 15 is 0 Å². The molecule has 0 spiro atoms. The second kappa shape index (κ2) is 6.70. The quantitative estimate of drug-likeness (QED) is 0.801. The average Bonchev–Trinajstić information content (AvgIpc) is 3.18. The molecule has 1 saturated heterocycles. The van der Waals surface area contributed by atoms with Crippen molar-refractivity contribution in [2.75, 3.05) is 23.3 Å². The van der Waals surface area contributed by atoms with Crippen LogP contribution in [0.25, 0.3) is 5.69 Å². The molecule has 1 aromatic carbocycles. The largest absolute Gasteiger partial charge is 0.382 e. The molecular weight excluding hydrogens is 300 g/mol. The Labute approximate surface area is 141 Å². The van der Waals surface area contributed by atoms with Crippen molar-refractivity contribution in [2.45, 2.75) is 18.9 Å². The van der Waals surface area contributed by atoms with Crippen LogP contribution >= 0.6 is 0 Å². The van der Waals surface area contributed by atoms with E-state index in [0.717, 1.165) is 43.1 Å². The lowest BCUT2D eigenvalue weighted by Gasteiger charge is -2.33. The van der Waals surface area contributed by atoms with Gasteiger partial charge in [-0.3, -0.25) is 0 Å². The van der Waals surface area contributed by atoms with Gasteiger partial charge in [0, 0.05) is 31.0 Å². The molecule has 0 bridgehead atoms. The van der Waals surface area contributed by atoms with Gasteiger partial charge in [0.15, 0.2) is 0 Å². The van der Waals surface area contributed by atoms with Gasteiger partial charge in [-0.05, 0) is 49.2 Å². The van der Waals surface area contributed by atoms with Crippen molar-refractivity contribution >= 4 is 11.5 Å². The van der Waals surface area contributed by atoms with Crippen LogP contribution in [0.5, 0.6) is 0 Å². The van der Waals surface area contributed by atoms with Gasteiger partial charge in [-0.2, -0.15) is 0 Å². The van der Waals surface area contributed by atoms with Gasteiger partial charge in [-0.1, -0.05) is 11.3 Å². The minimum absolute atomic E-state index is 0.502. The van der Waals surface area contributed by atoms with Crippen LogP contribution in [0.1, 0.15) is 12.8 Å². The summed E-state index contributed by atoms with van der Waals surface area (Å²) < 4.78 is 1.76. The third kappa shape index (κ3) is 3.22. The summed E-state index contributed by atoms with van der Waals surface area (Å²) in [4.78, 5) is 6.79. The van der Waals surface area contributed by atoms with Crippen LogP contribution in [0.15, 0.2) is 61.1 Å². The molecule has 0 radical (unpaired) electrons. The predicted octanol–water partition coefficient (Wildman–Crippen LogP) is 2.74. The van der Waals surface area contributed by atoms with Crippen molar-refractivity contribution in [1.82, 2.24) is 20.0 Å². The van der Waals surface area contributed by atoms with E-state index in [-0.39, 0.29) is 0 Å². The van der Waals surface area contributed by atoms with Gasteiger partial charge in [-0.15, -0.1) is 5.10 Å². The molecule has 0 aliphatic carbocycles. The molecular formula is C18H20N6. The van der Waals surface area contributed by atoms with Crippen molar-refractivity contribution in [3.8, 4) is 5.69 Å². The van der Waals surface area contributed by atoms with Crippen LogP contribution < -0.4 is 10.2 Å². The summed E-state index contributed by atoms with van der Waals surface area (Å²) in [5.74, 6) is 1.08. The molecule has 3 heterocycles. The topological polar surface area (TPSA) is 58.9 Å². The summed E-state index contributed by atoms with van der Waals surface area (Å²) in [5.41, 5.74) is 2.16. The highest BCUT2D eigenvalue weighted by Crippen LogP contribution is 2.21. The number of hydrogen-bond acceptors (Lipinski definition) is 5. The van der Waals surface area contributed by atoms with Crippen molar-refractivity contribution in [1.29, 1.82) is 0 Å². The Hall–Kier alpha value is -2.89. The third-order valence-corrected chi connectivity index (χ3v) is 4.39. The minimum atomic E-state index is 0.502. The number of anilines is 2. The molecule has 1 fully saturated rings. The number of nitrogens with zero attached hydrogens (tertiary/aromatic N) is 5. The standard InChI is InChI=1S/C18H20N6/c1-2-10-19-18(3-1)23-12-8-16(9-13-23)21-15-4-6-17(7-5-15)24-14-11-20-22-24/h1-7,10-11,14,16,21H,8-9,12-13H2. The van der Waals surface area contributed by atoms with E-state index in [1.807, 2.05) is 24.5 Å². The molecule has 1 aliphatic rings. The monoisotopic (exact) mass is 320 g/mol. The molecule has 1 N–H and O–H groups in total. The summed E-state index contributed by atoms with van der Waals surface area (Å²) >= 11 is 0. The Balaban J connectivity index is 1.34. The number of piperidine rings is 1. The highest BCUT2D eigenvalue weighted by molar-refractivity contribution is 5.49. The third-order valence-electron chi connectivity index (χ3n) is 4.39. The minimum Gasteiger partial charge on any atom is -0.382 e. The van der Waals surface area contributed by atoms with Gasteiger partial charge >= 0.3 is 0 Å². The summed E-state index contributed by atoms with van der Waals surface area (Å²) in [6, 6.07) is 14.9. The van der Waals surface area contributed by atoms with Gasteiger partial charge in [0.1, 0.15) is 5.82 Å². The van der Waals surface area contributed by atoms with Gasteiger partial charge in [0.25, 0.3) is 0 Å². The maximum Gasteiger partial charge on any atom is 0.128 e. The first kappa shape index (κ1) is 14.7. The molecule has 0 unspecified atom stereocenters. The SMILES string of the molecule is c1ccc(N2CCC(Nc3ccc(-n4ccnn4)cc3)CC2)nc1. The van der Waals surface area contributed by atoms with Crippen LogP contribution in [0.2, 0.25) is 0 Å². The lowest BCUT2D eigenvalue weighted by atomic mass is 10.0. The van der Waals surface area contributed by atoms with Gasteiger partial charge < -0.3 is 10.2 Å². The predicted molar refractivity (Wildman–Crippen MR) is 94.5 cm³/mol. The molecule has 0 atom stereocenters. The first-order chi connectivity index (χ1) is 11.9. The van der Waals surface area contributed by atoms with E-state index in [1.165, 1.54) is 0 Å². The molecule has 4 rings (SSSR count). The zero-order valence-corrected chi connectivity index (χ0v) is 13.4. The fourth-order valence-corrected chi connectivity index (χ4v) is 3.09. The van der Waals surface area contributed by atoms with Crippen LogP contribution in [0.3, 0.4) is 0 Å². The normalized spacial score (nSPS) is 15.4. The Kier molecular flexibility index (Phi) is 4.10. The van der Waals surface area contributed by atoms with Crippen LogP contribution in [0.4, 0.5) is 11.5 Å². The lowest BCUT2D eigenvalue weighted by Crippen LogP contribution is -2.39. The van der Waals surface area contributed by atoms with E-state index in [9.17, 15) is 0 Å². The second-order valence-corrected chi connectivity index (χ2v) is 5.99. The molecule has 6 heteroatoms. The van der Waals surface area contributed by atoms with E-state index in [4.69, 9.17) is 0 Å². The lowest BCUT2D eigenvalue weighted by molar-refractivity contribution is 0.523. The van der Waals surface area contributed by atoms with Crippen LogP contribution in [0, 0.1) is 0 Å². The number of nitrogens with one attached hydrogen (secondary N) is 1. The van der Waals surface area contributed by atoms with Crippen molar-refractivity contribution in [3.05, 3.63) is 61.1 Å². The molecule has 3 aromatic rings. The zero-order chi connectivity index (χ0) is 16.2. The Morgan fingerprint density at radius 2 is 1.79 bits per heavy atom. The van der Waals surface area contributed by atoms with E-state index < -0.39 is 0 Å². The van der Waals surface area contributed by atoms with Crippen LogP contribution in [-0.4, -0.2) is 39.1 Å². The maximum atomic E-state index is 4.44. The number of rotatable bonds is 4. The summed E-state index contributed by atoms with van der Waals surface area (Å²) in [5, 5.41) is 11.5. The highest BCUT2D eigenvalue weighted by atomic mass is 15.4. The Bertz CT molecular complexity index is 746. The first-order valence-corrected chi connectivity index (χ1v) is 8.28. The average molecular weight is 320 g/mol. The van der Waals surface area contributed by atoms with E-state index in [1.54, 1.807) is 10.9 Å². The molecule has 0 saturated carbocycles. The summed E-state index contributed by atoms with van der Waals surface area (Å²) in [6.07, 6.45) is 7.61. The summed E-state index contributed by atoms with van der Waals surface area (Å²) in [7, 11) is 0. The molecule has 1 aliphatic heterocycles. The number of benzene rings is 1. The number of hydrogen-bond donors (Lipinski definition) is 1. The van der Waals surface area contributed by atoms with Crippen molar-refractivity contribution in [2.24, 2.45) is 0 Å². The van der Waals surface area contributed by atoms with Gasteiger partial charge in [-0.25, -0.2) is 9.67 Å². The molecule has 6 nitrogen and oxygen atoms in total. The fourth-order valence-electron chi connectivity index (χ4n) is 3.09. The number of pyridine rings is 1. The number of aromatic nitrogens is 4. The smallest absolute Gasteiger partial charge is 0.128 e. The van der Waals surface area contributed by atoms with Gasteiger partial charge in [0.2, 0.25) is 0 Å². The zero-order valence-electron chi connectivity index (χ0n) is 13.4. The summed E-state index contributed by atoms with van der Waals surface area (Å²) in [6.45, 7) is 2.07. The van der Waals surface area contributed by atoms with E-state index in [0.29, 0.717) is 6.04 Å². The Morgan fingerprint density at radius 1 is 0.958 bits per heavy atom. The molecule has 0 amide bonds. The molecule has 122 valence electrons. The molecule has 24 heavy (non-hydrogen) atoms. The molecule has 2 aromatic heterocycles. The maximum absolute atomic E-state index is 4.44. The van der Waals surface area contributed by atoms with Gasteiger partial charge in [0.05, 0.1) is 18.1 Å². The second-order valence-electron chi connectivity index (χ2n) is 5.99. The van der Waals surface area contributed by atoms with Crippen molar-refractivity contribution < 1.29 is 0 Å². The van der Waals surface area contributed by atoms with Crippen molar-refractivity contribution in [3.63, 3.8) is 0 Å². The van der Waals surface area contributed by atoms with E-state index in [2.05, 4.69) is 55.8 Å². The van der Waals surface area contributed by atoms with Crippen LogP contribution in [-0.2, 0) is 0 Å². The first-order valence-electron chi connectivity index (χ1n) is 8.28. The fraction of sp³-hybridized carbons (Fsp3) is 0.278.